The summed E-state index contributed by atoms with van der Waals surface area (Å²) < 4.78 is 6.19. The molecule has 1 aliphatic rings. The quantitative estimate of drug-likeness (QED) is 0.374. The molecule has 0 bridgehead atoms. The highest BCUT2D eigenvalue weighted by Gasteiger charge is 2.43. The van der Waals surface area contributed by atoms with Crippen LogP contribution in [0, 0.1) is 0 Å². The Kier molecular flexibility index (Phi) is 3.83. The standard InChI is InChI=1S/C10H15N3O6/c11-6-7(16)4(3-14)19-9(8(6)17)13-2-1-5(15)12-10(13)18/h1-2,4,6-9,14,16-17H,3,11H2,(H,12,15,18)/t4-,6+,7-,8-,9-/m1/s1. The monoisotopic (exact) mass is 273 g/mol. The molecule has 2 heterocycles. The second-order valence-corrected chi connectivity index (χ2v) is 4.32. The first-order valence-electron chi connectivity index (χ1n) is 5.65. The van der Waals surface area contributed by atoms with Crippen LogP contribution in [0.25, 0.3) is 0 Å². The average Bonchev–Trinajstić information content (AvgIpc) is 2.38. The van der Waals surface area contributed by atoms with Crippen LogP contribution in [-0.2, 0) is 4.74 Å². The molecule has 0 amide bonds. The molecule has 0 aromatic carbocycles. The Bertz CT molecular complexity index is 553. The van der Waals surface area contributed by atoms with E-state index in [-0.39, 0.29) is 0 Å². The van der Waals surface area contributed by atoms with Crippen LogP contribution in [0.2, 0.25) is 0 Å². The van der Waals surface area contributed by atoms with Crippen molar-refractivity contribution in [2.75, 3.05) is 6.61 Å². The van der Waals surface area contributed by atoms with Crippen LogP contribution < -0.4 is 17.0 Å². The van der Waals surface area contributed by atoms with Gasteiger partial charge in [0.1, 0.15) is 18.3 Å². The molecule has 1 aliphatic heterocycles. The fraction of sp³-hybridized carbons (Fsp3) is 0.600. The third-order valence-electron chi connectivity index (χ3n) is 3.08. The van der Waals surface area contributed by atoms with Crippen molar-refractivity contribution in [1.82, 2.24) is 9.55 Å². The maximum atomic E-state index is 11.6. The Morgan fingerprint density at radius 1 is 1.37 bits per heavy atom. The van der Waals surface area contributed by atoms with Crippen LogP contribution in [-0.4, -0.2) is 55.8 Å². The predicted molar refractivity (Wildman–Crippen MR) is 62.3 cm³/mol. The third-order valence-corrected chi connectivity index (χ3v) is 3.08. The van der Waals surface area contributed by atoms with E-state index in [2.05, 4.69) is 0 Å². The number of hydrogen-bond acceptors (Lipinski definition) is 7. The molecular weight excluding hydrogens is 258 g/mol. The molecule has 0 saturated carbocycles. The lowest BCUT2D eigenvalue weighted by Gasteiger charge is -2.41. The van der Waals surface area contributed by atoms with Gasteiger partial charge in [-0.25, -0.2) is 4.79 Å². The van der Waals surface area contributed by atoms with Crippen molar-refractivity contribution in [2.45, 2.75) is 30.6 Å². The number of rotatable bonds is 2. The first kappa shape index (κ1) is 13.9. The Hall–Kier alpha value is -1.52. The van der Waals surface area contributed by atoms with E-state index >= 15 is 0 Å². The second-order valence-electron chi connectivity index (χ2n) is 4.32. The van der Waals surface area contributed by atoms with E-state index < -0.39 is 48.4 Å². The predicted octanol–water partition coefficient (Wildman–Crippen LogP) is -3.52. The molecule has 0 aliphatic carbocycles. The molecule has 1 fully saturated rings. The molecule has 106 valence electrons. The molecular formula is C10H15N3O6. The van der Waals surface area contributed by atoms with Crippen molar-refractivity contribution in [3.8, 4) is 0 Å². The highest BCUT2D eigenvalue weighted by Crippen LogP contribution is 2.25. The van der Waals surface area contributed by atoms with E-state index in [1.165, 1.54) is 0 Å². The molecule has 19 heavy (non-hydrogen) atoms. The van der Waals surface area contributed by atoms with E-state index in [0.717, 1.165) is 16.8 Å². The topological polar surface area (TPSA) is 151 Å². The minimum Gasteiger partial charge on any atom is -0.394 e. The van der Waals surface area contributed by atoms with Gasteiger partial charge in [0.05, 0.1) is 12.6 Å². The molecule has 0 unspecified atom stereocenters. The van der Waals surface area contributed by atoms with Crippen molar-refractivity contribution in [3.63, 3.8) is 0 Å². The second kappa shape index (κ2) is 5.23. The van der Waals surface area contributed by atoms with Gasteiger partial charge < -0.3 is 25.8 Å². The number of aliphatic hydroxyl groups is 3. The van der Waals surface area contributed by atoms with Gasteiger partial charge in [-0.05, 0) is 0 Å². The van der Waals surface area contributed by atoms with Gasteiger partial charge in [-0.1, -0.05) is 0 Å². The van der Waals surface area contributed by atoms with Crippen LogP contribution in [0.4, 0.5) is 0 Å². The maximum absolute atomic E-state index is 11.6. The van der Waals surface area contributed by atoms with E-state index in [1.807, 2.05) is 4.98 Å². The number of nitrogens with two attached hydrogens (primary N) is 1. The smallest absolute Gasteiger partial charge is 0.330 e. The van der Waals surface area contributed by atoms with Gasteiger partial charge in [0, 0.05) is 12.3 Å². The molecule has 1 aromatic rings. The molecule has 0 spiro atoms. The van der Waals surface area contributed by atoms with Crippen molar-refractivity contribution >= 4 is 0 Å². The summed E-state index contributed by atoms with van der Waals surface area (Å²) in [6.45, 7) is -0.518. The highest BCUT2D eigenvalue weighted by molar-refractivity contribution is 4.95. The van der Waals surface area contributed by atoms with Crippen molar-refractivity contribution in [2.24, 2.45) is 5.73 Å². The molecule has 2 rings (SSSR count). The van der Waals surface area contributed by atoms with Gasteiger partial charge in [-0.15, -0.1) is 0 Å². The molecule has 6 N–H and O–H groups in total. The fourth-order valence-electron chi connectivity index (χ4n) is 1.99. The van der Waals surface area contributed by atoms with Crippen LogP contribution in [0.3, 0.4) is 0 Å². The van der Waals surface area contributed by atoms with Crippen molar-refractivity contribution in [1.29, 1.82) is 0 Å². The summed E-state index contributed by atoms with van der Waals surface area (Å²) in [4.78, 5) is 24.6. The SMILES string of the molecule is N[C@@H]1[C@@H](O)[C@H](n2ccc(=O)[nH]c2=O)O[C@H](CO)[C@H]1O. The lowest BCUT2D eigenvalue weighted by Crippen LogP contribution is -2.61. The minimum atomic E-state index is -1.36. The summed E-state index contributed by atoms with van der Waals surface area (Å²) in [5.41, 5.74) is 4.25. The van der Waals surface area contributed by atoms with E-state index in [4.69, 9.17) is 15.6 Å². The highest BCUT2D eigenvalue weighted by atomic mass is 16.5. The average molecular weight is 273 g/mol. The zero-order chi connectivity index (χ0) is 14.2. The molecule has 1 saturated heterocycles. The number of H-pyrrole nitrogens is 1. The van der Waals surface area contributed by atoms with Crippen molar-refractivity contribution < 1.29 is 20.1 Å². The summed E-state index contributed by atoms with van der Waals surface area (Å²) in [6, 6.07) is -0.00291. The number of nitrogens with one attached hydrogen (secondary N) is 1. The first-order chi connectivity index (χ1) is 8.95. The van der Waals surface area contributed by atoms with E-state index in [9.17, 15) is 19.8 Å². The lowest BCUT2D eigenvalue weighted by molar-refractivity contribution is -0.216. The molecule has 9 heteroatoms. The number of aromatic nitrogens is 2. The fourth-order valence-corrected chi connectivity index (χ4v) is 1.99. The number of aromatic amines is 1. The summed E-state index contributed by atoms with van der Waals surface area (Å²) >= 11 is 0. The largest absolute Gasteiger partial charge is 0.394 e. The van der Waals surface area contributed by atoms with Crippen LogP contribution in [0.1, 0.15) is 6.23 Å². The van der Waals surface area contributed by atoms with Gasteiger partial charge in [0.15, 0.2) is 6.23 Å². The Labute approximate surface area is 106 Å². The zero-order valence-electron chi connectivity index (χ0n) is 9.84. The third kappa shape index (κ3) is 2.46. The summed E-state index contributed by atoms with van der Waals surface area (Å²) in [5, 5.41) is 28.7. The molecule has 9 nitrogen and oxygen atoms in total. The molecule has 1 aromatic heterocycles. The Morgan fingerprint density at radius 2 is 2.05 bits per heavy atom. The van der Waals surface area contributed by atoms with Crippen molar-refractivity contribution in [3.05, 3.63) is 33.1 Å². The maximum Gasteiger partial charge on any atom is 0.330 e. The minimum absolute atomic E-state index is 0.518. The number of ether oxygens (including phenoxy) is 1. The van der Waals surface area contributed by atoms with Gasteiger partial charge in [-0.2, -0.15) is 0 Å². The van der Waals surface area contributed by atoms with Gasteiger partial charge in [0.25, 0.3) is 5.56 Å². The van der Waals surface area contributed by atoms with Gasteiger partial charge >= 0.3 is 5.69 Å². The van der Waals surface area contributed by atoms with Crippen LogP contribution in [0.5, 0.6) is 0 Å². The number of hydrogen-bond donors (Lipinski definition) is 5. The Balaban J connectivity index is 2.38. The lowest BCUT2D eigenvalue weighted by atomic mass is 9.96. The summed E-state index contributed by atoms with van der Waals surface area (Å²) in [6.07, 6.45) is -3.69. The first-order valence-corrected chi connectivity index (χ1v) is 5.65. The van der Waals surface area contributed by atoms with Gasteiger partial charge in [-0.3, -0.25) is 14.3 Å². The van der Waals surface area contributed by atoms with E-state index in [1.54, 1.807) is 0 Å². The molecule has 5 atom stereocenters. The number of aliphatic hydroxyl groups excluding tert-OH is 3. The number of nitrogens with zero attached hydrogens (tertiary/aromatic N) is 1. The van der Waals surface area contributed by atoms with Crippen LogP contribution >= 0.6 is 0 Å². The van der Waals surface area contributed by atoms with Crippen LogP contribution in [0.15, 0.2) is 21.9 Å². The summed E-state index contributed by atoms with van der Waals surface area (Å²) in [7, 11) is 0. The zero-order valence-corrected chi connectivity index (χ0v) is 9.84. The molecule has 0 radical (unpaired) electrons. The summed E-state index contributed by atoms with van der Waals surface area (Å²) in [5.74, 6) is 0. The normalized spacial score (nSPS) is 35.3. The van der Waals surface area contributed by atoms with E-state index in [0.29, 0.717) is 0 Å². The van der Waals surface area contributed by atoms with Gasteiger partial charge in [0.2, 0.25) is 0 Å². The Morgan fingerprint density at radius 3 is 2.63 bits per heavy atom.